The average Bonchev–Trinajstić information content (AvgIpc) is 3.92. The van der Waals surface area contributed by atoms with Gasteiger partial charge in [-0.3, -0.25) is 19.3 Å². The van der Waals surface area contributed by atoms with Gasteiger partial charge in [0.15, 0.2) is 11.5 Å². The molecule has 0 unspecified atom stereocenters. The third-order valence-corrected chi connectivity index (χ3v) is 20.0. The Balaban J connectivity index is 0.754. The van der Waals surface area contributed by atoms with E-state index in [9.17, 15) is 14.7 Å². The van der Waals surface area contributed by atoms with E-state index >= 15 is 4.79 Å². The Morgan fingerprint density at radius 1 is 0.762 bits per heavy atom. The second-order valence-electron chi connectivity index (χ2n) is 23.0. The number of amides is 3. The molecule has 3 heterocycles. The van der Waals surface area contributed by atoms with Crippen LogP contribution in [0.1, 0.15) is 131 Å². The molecule has 5 saturated carbocycles. The normalized spacial score (nSPS) is 38.4. The molecular weight excluding hydrogens is 789 g/mol. The van der Waals surface area contributed by atoms with Crippen molar-refractivity contribution >= 4 is 23.8 Å². The molecule has 7 fully saturated rings. The molecule has 2 saturated heterocycles. The molecule has 10 atom stereocenters. The molecule has 10 heteroatoms. The summed E-state index contributed by atoms with van der Waals surface area (Å²) in [5, 5.41) is 11.2. The Morgan fingerprint density at radius 2 is 1.48 bits per heavy atom. The molecule has 10 nitrogen and oxygen atoms in total. The Bertz CT molecular complexity index is 1970. The molecule has 346 valence electrons. The molecule has 1 aromatic carbocycles. The van der Waals surface area contributed by atoms with Gasteiger partial charge in [-0.1, -0.05) is 52.8 Å². The van der Waals surface area contributed by atoms with E-state index < -0.39 is 0 Å². The summed E-state index contributed by atoms with van der Waals surface area (Å²) in [7, 11) is 0. The summed E-state index contributed by atoms with van der Waals surface area (Å²) >= 11 is 0. The van der Waals surface area contributed by atoms with Gasteiger partial charge in [0.05, 0.1) is 11.5 Å². The van der Waals surface area contributed by atoms with E-state index in [4.69, 9.17) is 9.47 Å². The van der Waals surface area contributed by atoms with Crippen LogP contribution in [0.2, 0.25) is 0 Å². The number of hydrogen-bond acceptors (Lipinski definition) is 7. The van der Waals surface area contributed by atoms with Crippen molar-refractivity contribution in [2.75, 3.05) is 65.7 Å². The fourth-order valence-corrected chi connectivity index (χ4v) is 16.2. The maximum Gasteiger partial charge on any atom is 0.246 e. The lowest BCUT2D eigenvalue weighted by molar-refractivity contribution is -0.247. The third kappa shape index (κ3) is 7.47. The molecule has 63 heavy (non-hydrogen) atoms. The lowest BCUT2D eigenvalue weighted by Gasteiger charge is -2.73. The molecule has 3 amide bonds. The fourth-order valence-electron chi connectivity index (χ4n) is 16.2. The zero-order chi connectivity index (χ0) is 44.5. The van der Waals surface area contributed by atoms with Gasteiger partial charge in [0.2, 0.25) is 24.5 Å². The van der Waals surface area contributed by atoms with Crippen LogP contribution >= 0.6 is 0 Å². The van der Waals surface area contributed by atoms with Crippen LogP contribution in [0.3, 0.4) is 0 Å². The highest BCUT2D eigenvalue weighted by atomic mass is 16.7. The van der Waals surface area contributed by atoms with Crippen molar-refractivity contribution in [2.45, 2.75) is 131 Å². The monoisotopic (exact) mass is 867 g/mol. The van der Waals surface area contributed by atoms with Crippen LogP contribution in [0.5, 0.6) is 11.5 Å². The van der Waals surface area contributed by atoms with Gasteiger partial charge in [-0.05, 0) is 166 Å². The quantitative estimate of drug-likeness (QED) is 0.151. The van der Waals surface area contributed by atoms with Crippen molar-refractivity contribution in [1.82, 2.24) is 19.6 Å². The van der Waals surface area contributed by atoms with Gasteiger partial charge in [0.25, 0.3) is 0 Å². The van der Waals surface area contributed by atoms with Crippen molar-refractivity contribution in [3.05, 3.63) is 42.0 Å². The van der Waals surface area contributed by atoms with Crippen LogP contribution in [-0.2, 0) is 14.4 Å². The third-order valence-electron chi connectivity index (χ3n) is 20.0. The molecule has 0 radical (unpaired) electrons. The van der Waals surface area contributed by atoms with Gasteiger partial charge in [0.1, 0.15) is 0 Å². The van der Waals surface area contributed by atoms with Gasteiger partial charge in [-0.2, -0.15) is 0 Å². The molecule has 8 aliphatic rings. The highest BCUT2D eigenvalue weighted by molar-refractivity contribution is 5.92. The molecule has 9 rings (SSSR count). The van der Waals surface area contributed by atoms with Gasteiger partial charge in [0, 0.05) is 64.9 Å². The largest absolute Gasteiger partial charge is 0.454 e. The topological polar surface area (TPSA) is 103 Å². The molecule has 5 aliphatic carbocycles. The number of hydrogen-bond donors (Lipinski definition) is 1. The van der Waals surface area contributed by atoms with Crippen molar-refractivity contribution in [3.63, 3.8) is 0 Å². The molecular formula is C53H78N4O6. The summed E-state index contributed by atoms with van der Waals surface area (Å²) in [5.41, 5.74) is 2.52. The minimum absolute atomic E-state index is 0.0438. The number of rotatable bonds is 9. The standard InChI is InChI=1S/C53H78N4O6/c1-36(2)38-17-22-53(24-23-51(6)39(47(38)53)13-15-43-50(5)20-19-44(58)49(3,4)42(50)18-21-52(43,51)7)48(61)57-28-26-54(27-29-57)25-9-8-10-45(59)55-30-32-56(33-31-55)46(60)16-12-37-11-14-40-41(34-37)63-35-62-40/h11-12,14,16,34,38-39,42-44,47,58H,1,8-10,13,15,17-33,35H2,2-7H3/b16-12+/t38-,39+,42-,43+,44-,47+,50-,51+,52+,53-/m0/s1. The van der Waals surface area contributed by atoms with E-state index in [1.807, 2.05) is 28.0 Å². The zero-order valence-corrected chi connectivity index (χ0v) is 39.6. The minimum atomic E-state index is -0.277. The van der Waals surface area contributed by atoms with Crippen molar-refractivity contribution in [2.24, 2.45) is 56.7 Å². The Labute approximate surface area is 378 Å². The van der Waals surface area contributed by atoms with Crippen LogP contribution in [0, 0.1) is 56.7 Å². The number of nitrogens with zero attached hydrogens (tertiary/aromatic N) is 4. The smallest absolute Gasteiger partial charge is 0.246 e. The number of aliphatic hydroxyl groups is 1. The van der Waals surface area contributed by atoms with E-state index in [1.54, 1.807) is 12.2 Å². The number of carbonyl (C=O) groups excluding carboxylic acids is 3. The predicted molar refractivity (Wildman–Crippen MR) is 247 cm³/mol. The second kappa shape index (κ2) is 16.8. The number of carbonyl (C=O) groups is 3. The highest BCUT2D eigenvalue weighted by Crippen LogP contribution is 2.77. The first-order chi connectivity index (χ1) is 30.0. The number of benzene rings is 1. The van der Waals surface area contributed by atoms with Crippen LogP contribution in [0.4, 0.5) is 0 Å². The first-order valence-electron chi connectivity index (χ1n) is 25.0. The summed E-state index contributed by atoms with van der Waals surface area (Å²) in [6.07, 6.45) is 16.8. The molecule has 0 aromatic heterocycles. The lowest BCUT2D eigenvalue weighted by Crippen LogP contribution is -2.67. The lowest BCUT2D eigenvalue weighted by atomic mass is 9.32. The van der Waals surface area contributed by atoms with Crippen LogP contribution < -0.4 is 9.47 Å². The van der Waals surface area contributed by atoms with Crippen LogP contribution in [0.15, 0.2) is 36.4 Å². The van der Waals surface area contributed by atoms with Gasteiger partial charge >= 0.3 is 0 Å². The van der Waals surface area contributed by atoms with E-state index in [0.717, 1.165) is 95.4 Å². The fraction of sp³-hybridized carbons (Fsp3) is 0.755. The van der Waals surface area contributed by atoms with Crippen LogP contribution in [0.25, 0.3) is 6.08 Å². The van der Waals surface area contributed by atoms with E-state index in [2.05, 4.69) is 57.9 Å². The van der Waals surface area contributed by atoms with E-state index in [-0.39, 0.29) is 51.8 Å². The van der Waals surface area contributed by atoms with Crippen molar-refractivity contribution in [1.29, 1.82) is 0 Å². The molecule has 1 N–H and O–H groups in total. The van der Waals surface area contributed by atoms with E-state index in [1.165, 1.54) is 31.3 Å². The molecule has 3 aliphatic heterocycles. The number of unbranched alkanes of at least 4 members (excludes halogenated alkanes) is 1. The Morgan fingerprint density at radius 3 is 2.22 bits per heavy atom. The van der Waals surface area contributed by atoms with Crippen molar-refractivity contribution in [3.8, 4) is 11.5 Å². The molecule has 0 bridgehead atoms. The molecule has 1 aromatic rings. The van der Waals surface area contributed by atoms with Crippen LogP contribution in [-0.4, -0.2) is 114 Å². The number of piperazine rings is 2. The predicted octanol–water partition coefficient (Wildman–Crippen LogP) is 8.43. The van der Waals surface area contributed by atoms with Gasteiger partial charge in [-0.15, -0.1) is 0 Å². The SMILES string of the molecule is C=C(C)[C@@H]1CC[C@]2(C(=O)N3CCN(CCCCC(=O)N4CCN(C(=O)/C=C/c5ccc6c(c5)OCO6)CC4)CC3)CC[C@]3(C)[C@H](CC[C@@H]4[C@@]5(C)CC[C@H](O)C(C)(C)[C@@H]5CC[C@]43C)[C@@H]12. The number of ether oxygens (including phenoxy) is 2. The average molecular weight is 867 g/mol. The summed E-state index contributed by atoms with van der Waals surface area (Å²) < 4.78 is 10.8. The number of aliphatic hydroxyl groups excluding tert-OH is 1. The maximum absolute atomic E-state index is 15.2. The number of allylic oxidation sites excluding steroid dienone is 1. The maximum atomic E-state index is 15.2. The summed E-state index contributed by atoms with van der Waals surface area (Å²) in [4.78, 5) is 49.7. The summed E-state index contributed by atoms with van der Waals surface area (Å²) in [5.74, 6) is 4.53. The van der Waals surface area contributed by atoms with Crippen molar-refractivity contribution < 1.29 is 29.0 Å². The summed E-state index contributed by atoms with van der Waals surface area (Å²) in [6.45, 7) is 26.2. The highest BCUT2D eigenvalue weighted by Gasteiger charge is 2.72. The van der Waals surface area contributed by atoms with E-state index in [0.29, 0.717) is 73.8 Å². The first kappa shape index (κ1) is 44.8. The number of fused-ring (bicyclic) bond motifs is 8. The first-order valence-corrected chi connectivity index (χ1v) is 25.0. The zero-order valence-electron chi connectivity index (χ0n) is 39.6. The second-order valence-corrected chi connectivity index (χ2v) is 23.0. The Hall–Kier alpha value is -3.37. The van der Waals surface area contributed by atoms with Gasteiger partial charge < -0.3 is 29.3 Å². The van der Waals surface area contributed by atoms with Gasteiger partial charge in [-0.25, -0.2) is 0 Å². The minimum Gasteiger partial charge on any atom is -0.454 e. The molecule has 0 spiro atoms. The Kier molecular flexibility index (Phi) is 12.0. The summed E-state index contributed by atoms with van der Waals surface area (Å²) in [6, 6.07) is 5.63.